The van der Waals surface area contributed by atoms with Crippen LogP contribution in [0.4, 0.5) is 0 Å². The predicted octanol–water partition coefficient (Wildman–Crippen LogP) is 12.2. The number of hydrogen-bond acceptors (Lipinski definition) is 6. The highest BCUT2D eigenvalue weighted by atomic mass is 32.1. The Bertz CT molecular complexity index is 3130. The Hall–Kier alpha value is -6.37. The zero-order valence-electron chi connectivity index (χ0n) is 25.8. The van der Waals surface area contributed by atoms with Crippen molar-refractivity contribution in [2.24, 2.45) is 0 Å². The molecule has 6 heteroatoms. The highest BCUT2D eigenvalue weighted by molar-refractivity contribution is 7.26. The van der Waals surface area contributed by atoms with E-state index < -0.39 is 0 Å². The Balaban J connectivity index is 1.24. The molecule has 4 aromatic heterocycles. The van der Waals surface area contributed by atoms with Crippen molar-refractivity contribution in [2.75, 3.05) is 0 Å². The highest BCUT2D eigenvalue weighted by Gasteiger charge is 2.22. The predicted molar refractivity (Wildman–Crippen MR) is 201 cm³/mol. The van der Waals surface area contributed by atoms with Gasteiger partial charge in [-0.2, -0.15) is 0 Å². The molecule has 5 nitrogen and oxygen atoms in total. The number of para-hydroxylation sites is 2. The third kappa shape index (κ3) is 3.95. The Morgan fingerprint density at radius 3 is 1.92 bits per heavy atom. The van der Waals surface area contributed by atoms with Crippen molar-refractivity contribution in [2.45, 2.75) is 0 Å². The van der Waals surface area contributed by atoms with Crippen molar-refractivity contribution in [1.29, 1.82) is 0 Å². The molecule has 11 rings (SSSR count). The average molecular weight is 646 g/mol. The monoisotopic (exact) mass is 645 g/mol. The summed E-state index contributed by atoms with van der Waals surface area (Å²) in [5.74, 6) is 1.82. The number of thiophene rings is 1. The topological polar surface area (TPSA) is 65.0 Å². The minimum Gasteiger partial charge on any atom is -0.456 e. The minimum atomic E-state index is 0.585. The molecule has 0 bridgehead atoms. The molecule has 4 heterocycles. The van der Waals surface area contributed by atoms with Gasteiger partial charge in [0.1, 0.15) is 22.3 Å². The second-order valence-corrected chi connectivity index (χ2v) is 13.4. The van der Waals surface area contributed by atoms with Crippen LogP contribution in [-0.2, 0) is 0 Å². The fraction of sp³-hybridized carbons (Fsp3) is 0. The Morgan fingerprint density at radius 2 is 1.06 bits per heavy atom. The number of furan rings is 2. The lowest BCUT2D eigenvalue weighted by Gasteiger charge is -2.11. The van der Waals surface area contributed by atoms with Gasteiger partial charge in [0.25, 0.3) is 0 Å². The van der Waals surface area contributed by atoms with Crippen LogP contribution in [0.1, 0.15) is 0 Å². The molecular weight excluding hydrogens is 623 g/mol. The van der Waals surface area contributed by atoms with Gasteiger partial charge in [-0.1, -0.05) is 103 Å². The van der Waals surface area contributed by atoms with Crippen molar-refractivity contribution in [3.63, 3.8) is 0 Å². The van der Waals surface area contributed by atoms with E-state index in [2.05, 4.69) is 103 Å². The molecule has 228 valence electrons. The standard InChI is InChI=1S/C43H23N3O2S/c1-2-12-26-24(10-1)11-9-16-30(26)42-44-41(25-20-21-29-27-13-3-6-17-34(27)47-36(29)22-25)45-43(46-42)33-23-32-28-14-4-7-18-35(28)48-39(32)38-31-15-5-8-19-37(31)49-40(33)38/h1-23H. The van der Waals surface area contributed by atoms with Gasteiger partial charge in [-0.3, -0.25) is 0 Å². The average Bonchev–Trinajstić information content (AvgIpc) is 3.85. The summed E-state index contributed by atoms with van der Waals surface area (Å²) in [6.07, 6.45) is 0. The number of aromatic nitrogens is 3. The number of benzene rings is 7. The van der Waals surface area contributed by atoms with Gasteiger partial charge in [-0.25, -0.2) is 15.0 Å². The molecule has 7 aromatic carbocycles. The third-order valence-electron chi connectivity index (χ3n) is 9.53. The zero-order valence-corrected chi connectivity index (χ0v) is 26.7. The summed E-state index contributed by atoms with van der Waals surface area (Å²) in [6, 6.07) is 47.9. The van der Waals surface area contributed by atoms with Gasteiger partial charge in [-0.05, 0) is 47.2 Å². The van der Waals surface area contributed by atoms with Gasteiger partial charge < -0.3 is 8.83 Å². The van der Waals surface area contributed by atoms with E-state index in [0.29, 0.717) is 17.5 Å². The molecule has 0 saturated heterocycles. The lowest BCUT2D eigenvalue weighted by atomic mass is 10.0. The maximum atomic E-state index is 6.57. The molecule has 0 N–H and O–H groups in total. The fourth-order valence-electron chi connectivity index (χ4n) is 7.26. The maximum Gasteiger partial charge on any atom is 0.165 e. The summed E-state index contributed by atoms with van der Waals surface area (Å²) in [5.41, 5.74) is 6.16. The Morgan fingerprint density at radius 1 is 0.429 bits per heavy atom. The third-order valence-corrected chi connectivity index (χ3v) is 10.7. The molecule has 0 spiro atoms. The van der Waals surface area contributed by atoms with E-state index in [4.69, 9.17) is 23.8 Å². The van der Waals surface area contributed by atoms with Gasteiger partial charge >= 0.3 is 0 Å². The van der Waals surface area contributed by atoms with Crippen LogP contribution in [0.5, 0.6) is 0 Å². The maximum absolute atomic E-state index is 6.57. The van der Waals surface area contributed by atoms with Gasteiger partial charge in [0.05, 0.1) is 4.70 Å². The highest BCUT2D eigenvalue weighted by Crippen LogP contribution is 2.46. The fourth-order valence-corrected chi connectivity index (χ4v) is 8.47. The van der Waals surface area contributed by atoms with Gasteiger partial charge in [0.15, 0.2) is 17.5 Å². The molecule has 11 aromatic rings. The molecule has 0 fully saturated rings. The van der Waals surface area contributed by atoms with Crippen LogP contribution < -0.4 is 0 Å². The number of nitrogens with zero attached hydrogens (tertiary/aromatic N) is 3. The first-order valence-corrected chi connectivity index (χ1v) is 17.0. The number of hydrogen-bond donors (Lipinski definition) is 0. The molecule has 49 heavy (non-hydrogen) atoms. The molecular formula is C43H23N3O2S. The Labute approximate surface area is 282 Å². The second-order valence-electron chi connectivity index (χ2n) is 12.3. The van der Waals surface area contributed by atoms with Crippen LogP contribution in [0.15, 0.2) is 148 Å². The van der Waals surface area contributed by atoms with Crippen LogP contribution in [0.25, 0.3) is 109 Å². The molecule has 0 amide bonds. The van der Waals surface area contributed by atoms with E-state index in [-0.39, 0.29) is 0 Å². The quantitative estimate of drug-likeness (QED) is 0.191. The summed E-state index contributed by atoms with van der Waals surface area (Å²) in [4.78, 5) is 15.7. The van der Waals surface area contributed by atoms with E-state index in [0.717, 1.165) is 86.8 Å². The van der Waals surface area contributed by atoms with E-state index in [9.17, 15) is 0 Å². The zero-order chi connectivity index (χ0) is 32.1. The first-order valence-electron chi connectivity index (χ1n) is 16.2. The van der Waals surface area contributed by atoms with E-state index in [1.807, 2.05) is 36.4 Å². The van der Waals surface area contributed by atoms with E-state index in [1.165, 1.54) is 4.70 Å². The van der Waals surface area contributed by atoms with Crippen molar-refractivity contribution < 1.29 is 8.83 Å². The van der Waals surface area contributed by atoms with Crippen LogP contribution in [0.3, 0.4) is 0 Å². The SMILES string of the molecule is c1ccc2c(-c3nc(-c4ccc5c(c4)oc4ccccc45)nc(-c4cc5c6ccccc6oc5c5c4sc4ccccc45)n3)cccc2c1. The summed E-state index contributed by atoms with van der Waals surface area (Å²) in [6.45, 7) is 0. The van der Waals surface area contributed by atoms with Gasteiger partial charge in [-0.15, -0.1) is 11.3 Å². The first-order chi connectivity index (χ1) is 24.3. The smallest absolute Gasteiger partial charge is 0.165 e. The van der Waals surface area contributed by atoms with E-state index >= 15 is 0 Å². The lowest BCUT2D eigenvalue weighted by molar-refractivity contribution is 0.669. The first kappa shape index (κ1) is 26.7. The van der Waals surface area contributed by atoms with Gasteiger partial charge in [0.2, 0.25) is 0 Å². The molecule has 0 aliphatic carbocycles. The molecule has 0 saturated carbocycles. The van der Waals surface area contributed by atoms with Crippen molar-refractivity contribution in [3.8, 4) is 34.2 Å². The van der Waals surface area contributed by atoms with Gasteiger partial charge in [0, 0.05) is 53.7 Å². The molecule has 0 unspecified atom stereocenters. The van der Waals surface area contributed by atoms with Crippen molar-refractivity contribution in [3.05, 3.63) is 140 Å². The number of rotatable bonds is 3. The van der Waals surface area contributed by atoms with Crippen LogP contribution in [-0.4, -0.2) is 15.0 Å². The molecule has 0 radical (unpaired) electrons. The van der Waals surface area contributed by atoms with Crippen LogP contribution in [0.2, 0.25) is 0 Å². The summed E-state index contributed by atoms with van der Waals surface area (Å²) < 4.78 is 15.1. The molecule has 0 atom stereocenters. The minimum absolute atomic E-state index is 0.585. The van der Waals surface area contributed by atoms with Crippen LogP contribution in [0, 0.1) is 0 Å². The molecule has 0 aliphatic rings. The normalized spacial score (nSPS) is 12.1. The largest absolute Gasteiger partial charge is 0.456 e. The summed E-state index contributed by atoms with van der Waals surface area (Å²) in [5, 5.41) is 8.72. The van der Waals surface area contributed by atoms with Crippen molar-refractivity contribution >= 4 is 86.2 Å². The van der Waals surface area contributed by atoms with Crippen molar-refractivity contribution in [1.82, 2.24) is 15.0 Å². The summed E-state index contributed by atoms with van der Waals surface area (Å²) >= 11 is 1.74. The second kappa shape index (κ2) is 10.1. The molecule has 0 aliphatic heterocycles. The number of fused-ring (bicyclic) bond motifs is 11. The summed E-state index contributed by atoms with van der Waals surface area (Å²) in [7, 11) is 0. The van der Waals surface area contributed by atoms with Crippen LogP contribution >= 0.6 is 11.3 Å². The van der Waals surface area contributed by atoms with E-state index in [1.54, 1.807) is 11.3 Å². The Kier molecular flexibility index (Phi) is 5.48. The lowest BCUT2D eigenvalue weighted by Crippen LogP contribution is -2.00.